The lowest BCUT2D eigenvalue weighted by molar-refractivity contribution is -0.122. The molecule has 0 aliphatic carbocycles. The van der Waals surface area contributed by atoms with E-state index < -0.39 is 0 Å². The van der Waals surface area contributed by atoms with Crippen molar-refractivity contribution in [2.45, 2.75) is 25.8 Å². The molecule has 8 nitrogen and oxygen atoms in total. The zero-order chi connectivity index (χ0) is 28.6. The van der Waals surface area contributed by atoms with Gasteiger partial charge in [-0.15, -0.1) is 0 Å². The van der Waals surface area contributed by atoms with Gasteiger partial charge in [0.2, 0.25) is 6.79 Å². The number of hydrogen-bond donors (Lipinski definition) is 0. The summed E-state index contributed by atoms with van der Waals surface area (Å²) in [4.78, 5) is 36.5. The molecule has 0 unspecified atom stereocenters. The van der Waals surface area contributed by atoms with Gasteiger partial charge in [-0.3, -0.25) is 18.9 Å². The maximum atomic E-state index is 13.8. The van der Waals surface area contributed by atoms with Crippen molar-refractivity contribution in [3.05, 3.63) is 105 Å². The highest BCUT2D eigenvalue weighted by atomic mass is 32.2. The molecule has 3 aliphatic rings. The third-order valence-electron chi connectivity index (χ3n) is 7.96. The molecule has 5 heterocycles. The second-order valence-corrected chi connectivity index (χ2v) is 12.3. The van der Waals surface area contributed by atoms with Crippen LogP contribution in [-0.2, 0) is 17.8 Å². The van der Waals surface area contributed by atoms with Crippen molar-refractivity contribution in [2.24, 2.45) is 5.92 Å². The molecule has 212 valence electrons. The number of piperidine rings is 1. The minimum Gasteiger partial charge on any atom is -0.454 e. The molecule has 0 N–H and O–H groups in total. The van der Waals surface area contributed by atoms with Crippen LogP contribution in [0.25, 0.3) is 11.7 Å². The predicted molar refractivity (Wildman–Crippen MR) is 168 cm³/mol. The van der Waals surface area contributed by atoms with Gasteiger partial charge in [0.15, 0.2) is 11.5 Å². The molecule has 42 heavy (non-hydrogen) atoms. The Hall–Kier alpha value is -4.15. The zero-order valence-electron chi connectivity index (χ0n) is 22.8. The second kappa shape index (κ2) is 11.3. The normalized spacial score (nSPS) is 18.0. The summed E-state index contributed by atoms with van der Waals surface area (Å²) in [6.45, 7) is 2.07. The number of carbonyl (C=O) groups is 1. The van der Waals surface area contributed by atoms with E-state index in [1.807, 2.05) is 36.4 Å². The number of thiocarbonyl (C=S) groups is 1. The minimum absolute atomic E-state index is 0.185. The molecule has 0 radical (unpaired) electrons. The molecule has 2 fully saturated rings. The number of aromatic nitrogens is 2. The number of benzene rings is 2. The fourth-order valence-electron chi connectivity index (χ4n) is 5.74. The molecular formula is C32H28N4O4S2. The Morgan fingerprint density at radius 3 is 2.57 bits per heavy atom. The molecule has 3 aliphatic heterocycles. The third kappa shape index (κ3) is 5.16. The van der Waals surface area contributed by atoms with Crippen molar-refractivity contribution >= 4 is 51.7 Å². The molecule has 0 spiro atoms. The van der Waals surface area contributed by atoms with Gasteiger partial charge < -0.3 is 14.4 Å². The number of nitrogens with zero attached hydrogens (tertiary/aromatic N) is 4. The first kappa shape index (κ1) is 26.7. The number of hydrogen-bond acceptors (Lipinski definition) is 8. The van der Waals surface area contributed by atoms with Crippen LogP contribution >= 0.6 is 24.0 Å². The summed E-state index contributed by atoms with van der Waals surface area (Å²) in [6, 6.07) is 21.7. The van der Waals surface area contributed by atoms with E-state index in [0.29, 0.717) is 50.2 Å². The molecule has 2 aromatic carbocycles. The minimum atomic E-state index is -0.229. The maximum absolute atomic E-state index is 13.8. The van der Waals surface area contributed by atoms with Crippen molar-refractivity contribution in [3.63, 3.8) is 0 Å². The van der Waals surface area contributed by atoms with Crippen LogP contribution in [-0.4, -0.2) is 44.4 Å². The highest BCUT2D eigenvalue weighted by Crippen LogP contribution is 2.37. The van der Waals surface area contributed by atoms with Gasteiger partial charge >= 0.3 is 0 Å². The van der Waals surface area contributed by atoms with Crippen molar-refractivity contribution in [1.29, 1.82) is 0 Å². The monoisotopic (exact) mass is 596 g/mol. The van der Waals surface area contributed by atoms with Gasteiger partial charge in [0.25, 0.3) is 11.5 Å². The Morgan fingerprint density at radius 2 is 1.74 bits per heavy atom. The van der Waals surface area contributed by atoms with E-state index in [-0.39, 0.29) is 18.3 Å². The van der Waals surface area contributed by atoms with Crippen molar-refractivity contribution in [1.82, 2.24) is 14.3 Å². The molecular weight excluding hydrogens is 569 g/mol. The van der Waals surface area contributed by atoms with E-state index >= 15 is 0 Å². The number of amides is 1. The van der Waals surface area contributed by atoms with Gasteiger partial charge in [0, 0.05) is 19.3 Å². The topological polar surface area (TPSA) is 76.4 Å². The molecule has 7 rings (SSSR count). The average Bonchev–Trinajstić information content (AvgIpc) is 3.59. The van der Waals surface area contributed by atoms with Crippen LogP contribution in [0, 0.1) is 5.92 Å². The fraction of sp³-hybridized carbons (Fsp3) is 0.250. The lowest BCUT2D eigenvalue weighted by atomic mass is 9.90. The van der Waals surface area contributed by atoms with E-state index in [4.69, 9.17) is 26.7 Å². The summed E-state index contributed by atoms with van der Waals surface area (Å²) in [5.74, 6) is 2.30. The molecule has 2 aromatic heterocycles. The molecule has 2 saturated heterocycles. The molecule has 10 heteroatoms. The number of thioether (sulfide) groups is 1. The van der Waals surface area contributed by atoms with Crippen molar-refractivity contribution in [2.75, 3.05) is 24.8 Å². The Morgan fingerprint density at radius 1 is 0.952 bits per heavy atom. The van der Waals surface area contributed by atoms with Crippen LogP contribution in [0.3, 0.4) is 0 Å². The van der Waals surface area contributed by atoms with Gasteiger partial charge in [0.05, 0.1) is 17.0 Å². The van der Waals surface area contributed by atoms with E-state index in [0.717, 1.165) is 37.9 Å². The average molecular weight is 597 g/mol. The molecule has 0 bridgehead atoms. The molecule has 0 atom stereocenters. The van der Waals surface area contributed by atoms with Crippen molar-refractivity contribution in [3.8, 4) is 11.5 Å². The molecule has 0 saturated carbocycles. The first-order valence-corrected chi connectivity index (χ1v) is 15.2. The Bertz CT molecular complexity index is 1780. The van der Waals surface area contributed by atoms with Gasteiger partial charge in [-0.25, -0.2) is 4.98 Å². The largest absolute Gasteiger partial charge is 0.454 e. The summed E-state index contributed by atoms with van der Waals surface area (Å²) in [5, 5.41) is 0. The number of pyridine rings is 1. The SMILES string of the molecule is O=C1C(=Cc2c(N3CCC(Cc4ccccc4)CC3)nc3ccccn3c2=O)SC(=S)N1Cc1ccc2c(c1)OCO2. The van der Waals surface area contributed by atoms with E-state index in [1.165, 1.54) is 21.7 Å². The van der Waals surface area contributed by atoms with Gasteiger partial charge in [-0.05, 0) is 66.6 Å². The van der Waals surface area contributed by atoms with Crippen LogP contribution in [0.4, 0.5) is 5.82 Å². The first-order chi connectivity index (χ1) is 20.5. The van der Waals surface area contributed by atoms with Crippen LogP contribution in [0.15, 0.2) is 82.6 Å². The highest BCUT2D eigenvalue weighted by Gasteiger charge is 2.34. The van der Waals surface area contributed by atoms with Gasteiger partial charge in [-0.2, -0.15) is 0 Å². The van der Waals surface area contributed by atoms with Crippen LogP contribution in [0.2, 0.25) is 0 Å². The van der Waals surface area contributed by atoms with E-state index in [9.17, 15) is 9.59 Å². The summed E-state index contributed by atoms with van der Waals surface area (Å²) < 4.78 is 12.9. The van der Waals surface area contributed by atoms with E-state index in [1.54, 1.807) is 23.2 Å². The number of carbonyl (C=O) groups excluding carboxylic acids is 1. The number of fused-ring (bicyclic) bond motifs is 2. The van der Waals surface area contributed by atoms with Crippen molar-refractivity contribution < 1.29 is 14.3 Å². The summed E-state index contributed by atoms with van der Waals surface area (Å²) in [5.41, 5.74) is 3.01. The van der Waals surface area contributed by atoms with Gasteiger partial charge in [-0.1, -0.05) is 66.4 Å². The summed E-state index contributed by atoms with van der Waals surface area (Å²) in [7, 11) is 0. The Labute approximate surface area is 252 Å². The Kier molecular flexibility index (Phi) is 7.17. The fourth-order valence-corrected chi connectivity index (χ4v) is 6.98. The number of ether oxygens (including phenoxy) is 2. The quantitative estimate of drug-likeness (QED) is 0.220. The lowest BCUT2D eigenvalue weighted by Gasteiger charge is -2.33. The zero-order valence-corrected chi connectivity index (χ0v) is 24.4. The smallest absolute Gasteiger partial charge is 0.267 e. The standard InChI is InChI=1S/C32H28N4O4S2/c37-30-24(18-27-31(38)36(32(41)42-27)19-23-9-10-25-26(17-23)40-20-39-25)29(33-28-8-4-5-13-35(28)30)34-14-11-22(12-15-34)16-21-6-2-1-3-7-21/h1-10,13,17-18,22H,11-12,14-16,19-20H2. The predicted octanol–water partition coefficient (Wildman–Crippen LogP) is 5.28. The number of rotatable bonds is 6. The second-order valence-electron chi connectivity index (χ2n) is 10.7. The first-order valence-electron chi connectivity index (χ1n) is 14.0. The van der Waals surface area contributed by atoms with E-state index in [2.05, 4.69) is 29.2 Å². The summed E-state index contributed by atoms with van der Waals surface area (Å²) in [6.07, 6.45) is 6.44. The Balaban J connectivity index is 1.17. The molecule has 4 aromatic rings. The highest BCUT2D eigenvalue weighted by molar-refractivity contribution is 8.26. The number of anilines is 1. The lowest BCUT2D eigenvalue weighted by Crippen LogP contribution is -2.37. The van der Waals surface area contributed by atoms with Gasteiger partial charge in [0.1, 0.15) is 15.8 Å². The van der Waals surface area contributed by atoms with Crippen LogP contribution < -0.4 is 19.9 Å². The van der Waals surface area contributed by atoms with Crippen LogP contribution in [0.5, 0.6) is 11.5 Å². The van der Waals surface area contributed by atoms with Crippen LogP contribution in [0.1, 0.15) is 29.5 Å². The third-order valence-corrected chi connectivity index (χ3v) is 9.33. The summed E-state index contributed by atoms with van der Waals surface area (Å²) >= 11 is 6.82. The molecule has 1 amide bonds. The maximum Gasteiger partial charge on any atom is 0.267 e.